The van der Waals surface area contributed by atoms with Gasteiger partial charge in [-0.05, 0) is 54.5 Å². The van der Waals surface area contributed by atoms with Crippen LogP contribution in [-0.4, -0.2) is 29.9 Å². The van der Waals surface area contributed by atoms with Crippen LogP contribution in [0.4, 0.5) is 10.5 Å². The van der Waals surface area contributed by atoms with Crippen LogP contribution < -0.4 is 10.6 Å². The van der Waals surface area contributed by atoms with Crippen LogP contribution >= 0.6 is 11.3 Å². The summed E-state index contributed by atoms with van der Waals surface area (Å²) >= 11 is 1.77. The first-order valence-electron chi connectivity index (χ1n) is 7.97. The zero-order valence-electron chi connectivity index (χ0n) is 13.9. The van der Waals surface area contributed by atoms with E-state index in [2.05, 4.69) is 27.0 Å². The highest BCUT2D eigenvalue weighted by Crippen LogP contribution is 2.23. The maximum Gasteiger partial charge on any atom is 0.325 e. The zero-order valence-corrected chi connectivity index (χ0v) is 14.7. The highest BCUT2D eigenvalue weighted by molar-refractivity contribution is 7.10. The standard InChI is InChI=1S/C18H21N3O2S/c1-12-4-3-5-15(13(12)2)19-18(23)20-17(22)11-21-8-6-16-14(10-21)7-9-24-16/h3-5,7,9H,6,8,10-11H2,1-2H3,(H2,19,20,22,23). The Bertz CT molecular complexity index is 769. The van der Waals surface area contributed by atoms with E-state index in [1.807, 2.05) is 32.0 Å². The number of rotatable bonds is 3. The second-order valence-electron chi connectivity index (χ2n) is 6.08. The summed E-state index contributed by atoms with van der Waals surface area (Å²) in [6, 6.07) is 7.32. The summed E-state index contributed by atoms with van der Waals surface area (Å²) in [4.78, 5) is 27.6. The van der Waals surface area contributed by atoms with Crippen LogP contribution in [0.1, 0.15) is 21.6 Å². The molecule has 2 heterocycles. The second-order valence-corrected chi connectivity index (χ2v) is 7.08. The third kappa shape index (κ3) is 3.83. The smallest absolute Gasteiger partial charge is 0.307 e. The summed E-state index contributed by atoms with van der Waals surface area (Å²) in [5, 5.41) is 7.24. The van der Waals surface area contributed by atoms with Gasteiger partial charge in [-0.2, -0.15) is 0 Å². The van der Waals surface area contributed by atoms with Gasteiger partial charge in [-0.3, -0.25) is 15.0 Å². The highest BCUT2D eigenvalue weighted by atomic mass is 32.1. The maximum absolute atomic E-state index is 12.1. The summed E-state index contributed by atoms with van der Waals surface area (Å²) in [5.74, 6) is -0.281. The van der Waals surface area contributed by atoms with Gasteiger partial charge in [0.05, 0.1) is 6.54 Å². The lowest BCUT2D eigenvalue weighted by Gasteiger charge is -2.25. The molecule has 0 fully saturated rings. The van der Waals surface area contributed by atoms with Crippen molar-refractivity contribution >= 4 is 29.0 Å². The highest BCUT2D eigenvalue weighted by Gasteiger charge is 2.20. The molecule has 2 N–H and O–H groups in total. The first-order chi connectivity index (χ1) is 11.5. The third-order valence-electron chi connectivity index (χ3n) is 4.36. The van der Waals surface area contributed by atoms with E-state index in [9.17, 15) is 9.59 Å². The predicted octanol–water partition coefficient (Wildman–Crippen LogP) is 3.07. The Morgan fingerprint density at radius 2 is 2.08 bits per heavy atom. The number of carbonyl (C=O) groups is 2. The molecule has 2 aromatic rings. The number of amides is 3. The van der Waals surface area contributed by atoms with Gasteiger partial charge in [0.1, 0.15) is 0 Å². The van der Waals surface area contributed by atoms with Gasteiger partial charge in [-0.1, -0.05) is 12.1 Å². The molecule has 3 amide bonds. The van der Waals surface area contributed by atoms with Gasteiger partial charge in [-0.15, -0.1) is 11.3 Å². The van der Waals surface area contributed by atoms with Gasteiger partial charge >= 0.3 is 6.03 Å². The van der Waals surface area contributed by atoms with E-state index in [0.29, 0.717) is 0 Å². The molecule has 0 atom stereocenters. The van der Waals surface area contributed by atoms with Crippen LogP contribution in [0.15, 0.2) is 29.6 Å². The quantitative estimate of drug-likeness (QED) is 0.900. The number of nitrogens with zero attached hydrogens (tertiary/aromatic N) is 1. The number of aryl methyl sites for hydroxylation is 1. The van der Waals surface area contributed by atoms with Crippen LogP contribution in [0.25, 0.3) is 0 Å². The van der Waals surface area contributed by atoms with Crippen molar-refractivity contribution < 1.29 is 9.59 Å². The molecule has 0 saturated carbocycles. The van der Waals surface area contributed by atoms with Crippen LogP contribution in [0.2, 0.25) is 0 Å². The number of benzene rings is 1. The Kier molecular flexibility index (Phi) is 4.97. The number of carbonyl (C=O) groups excluding carboxylic acids is 2. The molecule has 6 heteroatoms. The van der Waals surface area contributed by atoms with E-state index in [-0.39, 0.29) is 12.5 Å². The molecule has 0 bridgehead atoms. The van der Waals surface area contributed by atoms with Gasteiger partial charge < -0.3 is 5.32 Å². The average molecular weight is 343 g/mol. The molecule has 5 nitrogen and oxygen atoms in total. The minimum atomic E-state index is -0.484. The molecule has 1 aromatic carbocycles. The molecule has 3 rings (SSSR count). The van der Waals surface area contributed by atoms with E-state index in [1.54, 1.807) is 11.3 Å². The maximum atomic E-state index is 12.1. The lowest BCUT2D eigenvalue weighted by Crippen LogP contribution is -2.43. The Labute approximate surface area is 145 Å². The van der Waals surface area contributed by atoms with Gasteiger partial charge in [0.25, 0.3) is 0 Å². The Morgan fingerprint density at radius 1 is 1.25 bits per heavy atom. The molecule has 1 aliphatic rings. The predicted molar refractivity (Wildman–Crippen MR) is 96.4 cm³/mol. The first kappa shape index (κ1) is 16.7. The minimum Gasteiger partial charge on any atom is -0.307 e. The molecular formula is C18H21N3O2S. The van der Waals surface area contributed by atoms with Crippen molar-refractivity contribution in [3.05, 3.63) is 51.2 Å². The fraction of sp³-hybridized carbons (Fsp3) is 0.333. The van der Waals surface area contributed by atoms with E-state index >= 15 is 0 Å². The zero-order chi connectivity index (χ0) is 17.1. The largest absolute Gasteiger partial charge is 0.325 e. The van der Waals surface area contributed by atoms with Crippen molar-refractivity contribution in [2.75, 3.05) is 18.4 Å². The van der Waals surface area contributed by atoms with E-state index in [4.69, 9.17) is 0 Å². The van der Waals surface area contributed by atoms with Crippen molar-refractivity contribution in [3.63, 3.8) is 0 Å². The molecular weight excluding hydrogens is 322 g/mol. The second kappa shape index (κ2) is 7.15. The van der Waals surface area contributed by atoms with Crippen molar-refractivity contribution in [3.8, 4) is 0 Å². The third-order valence-corrected chi connectivity index (χ3v) is 5.38. The number of fused-ring (bicyclic) bond motifs is 1. The number of imide groups is 1. The number of thiophene rings is 1. The van der Waals surface area contributed by atoms with Crippen molar-refractivity contribution in [2.24, 2.45) is 0 Å². The Hall–Kier alpha value is -2.18. The van der Waals surface area contributed by atoms with Crippen molar-refractivity contribution in [1.82, 2.24) is 10.2 Å². The summed E-state index contributed by atoms with van der Waals surface area (Å²) in [6.07, 6.45) is 0.967. The first-order valence-corrected chi connectivity index (χ1v) is 8.85. The van der Waals surface area contributed by atoms with Crippen LogP contribution in [0, 0.1) is 13.8 Å². The van der Waals surface area contributed by atoms with Crippen molar-refractivity contribution in [1.29, 1.82) is 0 Å². The topological polar surface area (TPSA) is 61.4 Å². The van der Waals surface area contributed by atoms with Crippen LogP contribution in [0.3, 0.4) is 0 Å². The summed E-state index contributed by atoms with van der Waals surface area (Å²) in [6.45, 7) is 5.78. The number of hydrogen-bond acceptors (Lipinski definition) is 4. The molecule has 0 radical (unpaired) electrons. The number of nitrogens with one attached hydrogen (secondary N) is 2. The summed E-state index contributed by atoms with van der Waals surface area (Å²) in [5.41, 5.74) is 4.11. The monoisotopic (exact) mass is 343 g/mol. The van der Waals surface area contributed by atoms with E-state index in [1.165, 1.54) is 10.4 Å². The lowest BCUT2D eigenvalue weighted by atomic mass is 10.1. The molecule has 24 heavy (non-hydrogen) atoms. The van der Waals surface area contributed by atoms with E-state index in [0.717, 1.165) is 36.3 Å². The number of urea groups is 1. The number of anilines is 1. The SMILES string of the molecule is Cc1cccc(NC(=O)NC(=O)CN2CCc3sccc3C2)c1C. The fourth-order valence-electron chi connectivity index (χ4n) is 2.85. The fourth-order valence-corrected chi connectivity index (χ4v) is 3.74. The normalized spacial score (nSPS) is 14.1. The van der Waals surface area contributed by atoms with Crippen molar-refractivity contribution in [2.45, 2.75) is 26.8 Å². The van der Waals surface area contributed by atoms with Gasteiger partial charge in [0.2, 0.25) is 5.91 Å². The van der Waals surface area contributed by atoms with E-state index < -0.39 is 6.03 Å². The molecule has 1 aliphatic heterocycles. The summed E-state index contributed by atoms with van der Waals surface area (Å²) < 4.78 is 0. The molecule has 0 saturated heterocycles. The Morgan fingerprint density at radius 3 is 2.92 bits per heavy atom. The average Bonchev–Trinajstić information content (AvgIpc) is 2.99. The molecule has 0 aliphatic carbocycles. The molecule has 0 spiro atoms. The number of hydrogen-bond donors (Lipinski definition) is 2. The Balaban J connectivity index is 1.52. The van der Waals surface area contributed by atoms with Gasteiger partial charge in [-0.25, -0.2) is 4.79 Å². The van der Waals surface area contributed by atoms with Crippen LogP contribution in [-0.2, 0) is 17.8 Å². The van der Waals surface area contributed by atoms with Gasteiger partial charge in [0, 0.05) is 23.7 Å². The summed E-state index contributed by atoms with van der Waals surface area (Å²) in [7, 11) is 0. The molecule has 1 aromatic heterocycles. The van der Waals surface area contributed by atoms with Gasteiger partial charge in [0.15, 0.2) is 0 Å². The van der Waals surface area contributed by atoms with Crippen LogP contribution in [0.5, 0.6) is 0 Å². The molecule has 126 valence electrons. The lowest BCUT2D eigenvalue weighted by molar-refractivity contribution is -0.121. The molecule has 0 unspecified atom stereocenters. The minimum absolute atomic E-state index is 0.232.